The van der Waals surface area contributed by atoms with Crippen LogP contribution in [-0.2, 0) is 19.7 Å². The van der Waals surface area contributed by atoms with Crippen LogP contribution in [0.5, 0.6) is 5.75 Å². The summed E-state index contributed by atoms with van der Waals surface area (Å²) in [6.45, 7) is 10.5. The molecule has 2 aliphatic rings. The molecule has 2 atom stereocenters. The largest absolute Gasteiger partial charge is 0.508 e. The van der Waals surface area contributed by atoms with Crippen LogP contribution in [0.3, 0.4) is 0 Å². The van der Waals surface area contributed by atoms with Crippen LogP contribution in [0.1, 0.15) is 84.1 Å². The van der Waals surface area contributed by atoms with E-state index in [4.69, 9.17) is 4.74 Å². The maximum absolute atomic E-state index is 13.2. The van der Waals surface area contributed by atoms with Crippen LogP contribution in [0, 0.1) is 5.92 Å². The first-order chi connectivity index (χ1) is 16.3. The van der Waals surface area contributed by atoms with Crippen molar-refractivity contribution in [2.24, 2.45) is 5.92 Å². The lowest BCUT2D eigenvalue weighted by Crippen LogP contribution is -2.51. The van der Waals surface area contributed by atoms with Gasteiger partial charge in [0.05, 0.1) is 13.0 Å². The molecule has 1 aliphatic heterocycles. The maximum atomic E-state index is 13.2. The molecule has 1 amide bonds. The van der Waals surface area contributed by atoms with Crippen molar-refractivity contribution in [2.45, 2.75) is 90.0 Å². The number of nitrogens with zero attached hydrogens (tertiary/aromatic N) is 2. The first kappa shape index (κ1) is 26.5. The van der Waals surface area contributed by atoms with Crippen LogP contribution in [0.2, 0.25) is 0 Å². The molecule has 0 bridgehead atoms. The lowest BCUT2D eigenvalue weighted by molar-refractivity contribution is -0.146. The summed E-state index contributed by atoms with van der Waals surface area (Å²) in [5.74, 6) is 0.591. The molecule has 1 saturated heterocycles. The van der Waals surface area contributed by atoms with Crippen LogP contribution in [0.4, 0.5) is 0 Å². The first-order valence-electron chi connectivity index (χ1n) is 13.3. The number of carbonyl (C=O) groups excluding carboxylic acids is 2. The van der Waals surface area contributed by atoms with Gasteiger partial charge in [0.2, 0.25) is 5.91 Å². The summed E-state index contributed by atoms with van der Waals surface area (Å²) in [6.07, 6.45) is 7.97. The van der Waals surface area contributed by atoms with E-state index < -0.39 is 0 Å². The van der Waals surface area contributed by atoms with Crippen molar-refractivity contribution >= 4 is 11.9 Å². The highest BCUT2D eigenvalue weighted by molar-refractivity contribution is 5.81. The highest BCUT2D eigenvalue weighted by Gasteiger charge is 2.38. The zero-order chi connectivity index (χ0) is 24.6. The predicted octanol–water partition coefficient (Wildman–Crippen LogP) is 4.89. The van der Waals surface area contributed by atoms with Gasteiger partial charge in [-0.05, 0) is 61.3 Å². The van der Waals surface area contributed by atoms with Crippen molar-refractivity contribution in [1.82, 2.24) is 9.80 Å². The maximum Gasteiger partial charge on any atom is 0.306 e. The van der Waals surface area contributed by atoms with Gasteiger partial charge >= 0.3 is 5.97 Å². The van der Waals surface area contributed by atoms with Crippen molar-refractivity contribution in [1.29, 1.82) is 0 Å². The summed E-state index contributed by atoms with van der Waals surface area (Å²) in [7, 11) is 0. The number of hydrogen-bond acceptors (Lipinski definition) is 5. The molecule has 0 radical (unpaired) electrons. The number of likely N-dealkylation sites (tertiary alicyclic amines) is 1. The quantitative estimate of drug-likeness (QED) is 0.491. The van der Waals surface area contributed by atoms with E-state index in [1.807, 2.05) is 19.1 Å². The monoisotopic (exact) mass is 472 g/mol. The molecular formula is C28H44N2O4. The fraction of sp³-hybridized carbons (Fsp3) is 0.714. The van der Waals surface area contributed by atoms with Gasteiger partial charge in [0.1, 0.15) is 5.75 Å². The summed E-state index contributed by atoms with van der Waals surface area (Å²) in [5, 5.41) is 9.96. The Morgan fingerprint density at radius 2 is 1.97 bits per heavy atom. The van der Waals surface area contributed by atoms with Crippen molar-refractivity contribution in [2.75, 3.05) is 32.8 Å². The van der Waals surface area contributed by atoms with Gasteiger partial charge in [0.15, 0.2) is 0 Å². The Bertz CT molecular complexity index is 807. The number of benzene rings is 1. The van der Waals surface area contributed by atoms with Gasteiger partial charge in [-0.25, -0.2) is 0 Å². The third-order valence-electron chi connectivity index (χ3n) is 8.08. The van der Waals surface area contributed by atoms with Crippen molar-refractivity contribution < 1.29 is 19.4 Å². The number of ether oxygens (including phenoxy) is 1. The van der Waals surface area contributed by atoms with E-state index in [9.17, 15) is 14.7 Å². The molecule has 1 aliphatic carbocycles. The second-order valence-electron chi connectivity index (χ2n) is 10.5. The standard InChI is InChI=1S/C28H44N2O4/c1-4-19-34-27(33)14-13-26(32)30(24-10-6-5-7-11-24)18-17-29-16-15-28(3,22(2)21-29)23-9-8-12-25(31)20-23/h8-9,12,20,22,24,31H,4-7,10-11,13-19,21H2,1-3H3/t22-,28-/m0/s1. The Hall–Kier alpha value is -2.08. The van der Waals surface area contributed by atoms with E-state index in [-0.39, 0.29) is 30.1 Å². The van der Waals surface area contributed by atoms with Crippen LogP contribution in [0.15, 0.2) is 24.3 Å². The molecule has 0 spiro atoms. The zero-order valence-corrected chi connectivity index (χ0v) is 21.4. The average Bonchev–Trinajstić information content (AvgIpc) is 2.84. The topological polar surface area (TPSA) is 70.1 Å². The van der Waals surface area contributed by atoms with Gasteiger partial charge < -0.3 is 19.6 Å². The Kier molecular flexibility index (Phi) is 9.81. The van der Waals surface area contributed by atoms with E-state index in [2.05, 4.69) is 29.7 Å². The molecule has 6 heteroatoms. The molecular weight excluding hydrogens is 428 g/mol. The van der Waals surface area contributed by atoms with E-state index in [0.717, 1.165) is 51.9 Å². The number of aromatic hydroxyl groups is 1. The third-order valence-corrected chi connectivity index (χ3v) is 8.08. The normalized spacial score (nSPS) is 24.0. The molecule has 190 valence electrons. The summed E-state index contributed by atoms with van der Waals surface area (Å²) in [6, 6.07) is 7.99. The first-order valence-corrected chi connectivity index (χ1v) is 13.3. The fourth-order valence-corrected chi connectivity index (χ4v) is 5.60. The number of phenolic OH excluding ortho intramolecular Hbond substituents is 1. The smallest absolute Gasteiger partial charge is 0.306 e. The van der Waals surface area contributed by atoms with Gasteiger partial charge in [-0.1, -0.05) is 52.2 Å². The number of piperidine rings is 1. The highest BCUT2D eigenvalue weighted by atomic mass is 16.5. The van der Waals surface area contributed by atoms with Gasteiger partial charge in [-0.15, -0.1) is 0 Å². The molecule has 1 aromatic rings. The van der Waals surface area contributed by atoms with Crippen LogP contribution in [-0.4, -0.2) is 65.6 Å². The Balaban J connectivity index is 1.57. The Morgan fingerprint density at radius 3 is 2.65 bits per heavy atom. The molecule has 0 unspecified atom stereocenters. The molecule has 34 heavy (non-hydrogen) atoms. The van der Waals surface area contributed by atoms with Gasteiger partial charge in [0.25, 0.3) is 0 Å². The minimum absolute atomic E-state index is 0.0347. The lowest BCUT2D eigenvalue weighted by Gasteiger charge is -2.46. The summed E-state index contributed by atoms with van der Waals surface area (Å²) in [5.41, 5.74) is 1.24. The molecule has 3 rings (SSSR count). The average molecular weight is 473 g/mol. The van der Waals surface area contributed by atoms with Crippen LogP contribution < -0.4 is 0 Å². The number of rotatable bonds is 10. The number of hydrogen-bond donors (Lipinski definition) is 1. The Labute approximate surface area is 205 Å². The van der Waals surface area contributed by atoms with E-state index in [1.54, 1.807) is 6.07 Å². The summed E-state index contributed by atoms with van der Waals surface area (Å²) >= 11 is 0. The minimum atomic E-state index is -0.269. The number of esters is 1. The van der Waals surface area contributed by atoms with E-state index in [1.165, 1.54) is 24.8 Å². The molecule has 0 aromatic heterocycles. The summed E-state index contributed by atoms with van der Waals surface area (Å²) < 4.78 is 5.16. The van der Waals surface area contributed by atoms with Gasteiger partial charge in [-0.3, -0.25) is 9.59 Å². The number of amides is 1. The number of carbonyl (C=O) groups is 2. The molecule has 6 nitrogen and oxygen atoms in total. The minimum Gasteiger partial charge on any atom is -0.508 e. The SMILES string of the molecule is CCCOC(=O)CCC(=O)N(CCN1CC[C@](C)(c2cccc(O)c2)[C@@H](C)C1)C1CCCCC1. The van der Waals surface area contributed by atoms with Crippen molar-refractivity contribution in [3.05, 3.63) is 29.8 Å². The molecule has 1 aromatic carbocycles. The number of phenols is 1. The predicted molar refractivity (Wildman–Crippen MR) is 135 cm³/mol. The lowest BCUT2D eigenvalue weighted by atomic mass is 9.68. The Morgan fingerprint density at radius 1 is 1.21 bits per heavy atom. The second-order valence-corrected chi connectivity index (χ2v) is 10.5. The van der Waals surface area contributed by atoms with Crippen molar-refractivity contribution in [3.63, 3.8) is 0 Å². The highest BCUT2D eigenvalue weighted by Crippen LogP contribution is 2.40. The zero-order valence-electron chi connectivity index (χ0n) is 21.4. The van der Waals surface area contributed by atoms with Gasteiger partial charge in [0, 0.05) is 32.1 Å². The molecule has 1 saturated carbocycles. The van der Waals surface area contributed by atoms with E-state index in [0.29, 0.717) is 24.3 Å². The van der Waals surface area contributed by atoms with Crippen LogP contribution in [0.25, 0.3) is 0 Å². The second kappa shape index (κ2) is 12.6. The van der Waals surface area contributed by atoms with Crippen molar-refractivity contribution in [3.8, 4) is 5.75 Å². The van der Waals surface area contributed by atoms with Crippen LogP contribution >= 0.6 is 0 Å². The fourth-order valence-electron chi connectivity index (χ4n) is 5.60. The summed E-state index contributed by atoms with van der Waals surface area (Å²) in [4.78, 5) is 29.6. The molecule has 1 N–H and O–H groups in total. The molecule has 1 heterocycles. The third kappa shape index (κ3) is 6.97. The van der Waals surface area contributed by atoms with E-state index >= 15 is 0 Å². The van der Waals surface area contributed by atoms with Gasteiger partial charge in [-0.2, -0.15) is 0 Å². The molecule has 2 fully saturated rings.